The third-order valence-corrected chi connectivity index (χ3v) is 6.08. The maximum Gasteiger partial charge on any atom is 0.159 e. The van der Waals surface area contributed by atoms with E-state index < -0.39 is 11.6 Å². The molecular formula is C22H30F2. The highest BCUT2D eigenvalue weighted by molar-refractivity contribution is 5.37. The zero-order valence-corrected chi connectivity index (χ0v) is 14.9. The van der Waals surface area contributed by atoms with Crippen molar-refractivity contribution in [2.24, 2.45) is 11.8 Å². The predicted octanol–water partition coefficient (Wildman–Crippen LogP) is 6.77. The van der Waals surface area contributed by atoms with Crippen LogP contribution in [0.3, 0.4) is 0 Å². The quantitative estimate of drug-likeness (QED) is 0.504. The molecule has 0 aromatic heterocycles. The van der Waals surface area contributed by atoms with Gasteiger partial charge in [-0.1, -0.05) is 63.5 Å². The molecule has 1 aromatic carbocycles. The Labute approximate surface area is 145 Å². The Bertz CT molecular complexity index is 580. The van der Waals surface area contributed by atoms with Gasteiger partial charge in [0.05, 0.1) is 0 Å². The summed E-state index contributed by atoms with van der Waals surface area (Å²) in [7, 11) is 0. The summed E-state index contributed by atoms with van der Waals surface area (Å²) < 4.78 is 26.7. The summed E-state index contributed by atoms with van der Waals surface area (Å²) in [6, 6.07) is 2.77. The Kier molecular flexibility index (Phi) is 6.08. The topological polar surface area (TPSA) is 0 Å². The molecule has 1 fully saturated rings. The molecule has 0 aliphatic heterocycles. The molecule has 0 amide bonds. The van der Waals surface area contributed by atoms with Crippen molar-refractivity contribution in [2.75, 3.05) is 0 Å². The smallest absolute Gasteiger partial charge is 0.159 e. The van der Waals surface area contributed by atoms with Crippen LogP contribution in [0.25, 0.3) is 0 Å². The van der Waals surface area contributed by atoms with Gasteiger partial charge in [0, 0.05) is 0 Å². The van der Waals surface area contributed by atoms with Gasteiger partial charge in [-0.3, -0.25) is 0 Å². The normalized spacial score (nSPS) is 23.7. The molecule has 3 rings (SSSR count). The minimum atomic E-state index is -0.717. The molecule has 0 bridgehead atoms. The van der Waals surface area contributed by atoms with E-state index in [0.29, 0.717) is 0 Å². The SMILES string of the molecule is CCCCC1CCC(CCC2=CCc3cc(F)c(F)cc3C2)CC1. The van der Waals surface area contributed by atoms with Crippen molar-refractivity contribution in [1.29, 1.82) is 0 Å². The Morgan fingerprint density at radius 2 is 1.54 bits per heavy atom. The van der Waals surface area contributed by atoms with Gasteiger partial charge in [0.15, 0.2) is 11.6 Å². The molecular weight excluding hydrogens is 302 g/mol. The number of unbranched alkanes of at least 4 members (excludes halogenated alkanes) is 1. The van der Waals surface area contributed by atoms with Gasteiger partial charge in [-0.2, -0.15) is 0 Å². The number of fused-ring (bicyclic) bond motifs is 1. The Morgan fingerprint density at radius 1 is 0.917 bits per heavy atom. The van der Waals surface area contributed by atoms with Crippen LogP contribution < -0.4 is 0 Å². The third-order valence-electron chi connectivity index (χ3n) is 6.08. The van der Waals surface area contributed by atoms with Crippen LogP contribution in [0.4, 0.5) is 8.78 Å². The lowest BCUT2D eigenvalue weighted by Gasteiger charge is -2.29. The molecule has 0 N–H and O–H groups in total. The number of benzene rings is 1. The van der Waals surface area contributed by atoms with Crippen LogP contribution in [0.15, 0.2) is 23.8 Å². The fourth-order valence-corrected chi connectivity index (χ4v) is 4.44. The Balaban J connectivity index is 1.45. The highest BCUT2D eigenvalue weighted by Crippen LogP contribution is 2.35. The Morgan fingerprint density at radius 3 is 2.21 bits per heavy atom. The number of rotatable bonds is 6. The van der Waals surface area contributed by atoms with Gasteiger partial charge in [0.2, 0.25) is 0 Å². The second-order valence-corrected chi connectivity index (χ2v) is 7.85. The highest BCUT2D eigenvalue weighted by Gasteiger charge is 2.21. The van der Waals surface area contributed by atoms with Crippen molar-refractivity contribution in [3.63, 3.8) is 0 Å². The summed E-state index contributed by atoms with van der Waals surface area (Å²) >= 11 is 0. The molecule has 0 saturated heterocycles. The van der Waals surface area contributed by atoms with E-state index in [1.54, 1.807) is 0 Å². The Hall–Kier alpha value is -1.18. The first-order chi connectivity index (χ1) is 11.7. The summed E-state index contributed by atoms with van der Waals surface area (Å²) in [5.41, 5.74) is 3.35. The van der Waals surface area contributed by atoms with Crippen LogP contribution in [0.5, 0.6) is 0 Å². The molecule has 132 valence electrons. The summed E-state index contributed by atoms with van der Waals surface area (Å²) in [5, 5.41) is 0. The van der Waals surface area contributed by atoms with Crippen molar-refractivity contribution in [1.82, 2.24) is 0 Å². The third kappa shape index (κ3) is 4.46. The zero-order chi connectivity index (χ0) is 16.9. The van der Waals surface area contributed by atoms with Crippen molar-refractivity contribution in [2.45, 2.75) is 77.6 Å². The van der Waals surface area contributed by atoms with Gasteiger partial charge in [-0.25, -0.2) is 8.78 Å². The molecule has 0 nitrogen and oxygen atoms in total. The average molecular weight is 332 g/mol. The number of halogens is 2. The first-order valence-electron chi connectivity index (χ1n) is 9.80. The fraction of sp³-hybridized carbons (Fsp3) is 0.636. The van der Waals surface area contributed by atoms with E-state index in [4.69, 9.17) is 0 Å². The molecule has 24 heavy (non-hydrogen) atoms. The predicted molar refractivity (Wildman–Crippen MR) is 96.1 cm³/mol. The lowest BCUT2D eigenvalue weighted by Crippen LogP contribution is -2.15. The maximum absolute atomic E-state index is 13.4. The zero-order valence-electron chi connectivity index (χ0n) is 14.9. The van der Waals surface area contributed by atoms with E-state index in [1.165, 1.54) is 69.1 Å². The second-order valence-electron chi connectivity index (χ2n) is 7.85. The first-order valence-corrected chi connectivity index (χ1v) is 9.80. The lowest BCUT2D eigenvalue weighted by atomic mass is 9.77. The molecule has 1 aromatic rings. The van der Waals surface area contributed by atoms with Crippen LogP contribution in [0.2, 0.25) is 0 Å². The van der Waals surface area contributed by atoms with E-state index in [1.807, 2.05) is 0 Å². The monoisotopic (exact) mass is 332 g/mol. The van der Waals surface area contributed by atoms with Crippen LogP contribution in [-0.2, 0) is 12.8 Å². The molecule has 0 heterocycles. The molecule has 0 unspecified atom stereocenters. The highest BCUT2D eigenvalue weighted by atomic mass is 19.2. The molecule has 2 heteroatoms. The minimum Gasteiger partial charge on any atom is -0.204 e. The molecule has 1 saturated carbocycles. The van der Waals surface area contributed by atoms with E-state index in [9.17, 15) is 8.78 Å². The molecule has 2 aliphatic carbocycles. The number of hydrogen-bond acceptors (Lipinski definition) is 0. The summed E-state index contributed by atoms with van der Waals surface area (Å²) in [4.78, 5) is 0. The largest absolute Gasteiger partial charge is 0.204 e. The van der Waals surface area contributed by atoms with Gasteiger partial charge in [0.1, 0.15) is 0 Å². The van der Waals surface area contributed by atoms with Crippen LogP contribution in [0, 0.1) is 23.5 Å². The molecule has 0 radical (unpaired) electrons. The maximum atomic E-state index is 13.4. The van der Waals surface area contributed by atoms with Gasteiger partial charge < -0.3 is 0 Å². The van der Waals surface area contributed by atoms with E-state index in [-0.39, 0.29) is 0 Å². The summed E-state index contributed by atoms with van der Waals surface area (Å²) in [6.07, 6.45) is 15.9. The molecule has 2 aliphatic rings. The van der Waals surface area contributed by atoms with Gasteiger partial charge in [-0.05, 0) is 60.8 Å². The van der Waals surface area contributed by atoms with E-state index in [2.05, 4.69) is 13.0 Å². The second kappa shape index (κ2) is 8.27. The lowest BCUT2D eigenvalue weighted by molar-refractivity contribution is 0.249. The average Bonchev–Trinajstić information content (AvgIpc) is 2.60. The minimum absolute atomic E-state index is 0.708. The van der Waals surface area contributed by atoms with Crippen molar-refractivity contribution >= 4 is 0 Å². The summed E-state index contributed by atoms with van der Waals surface area (Å²) in [5.74, 6) is 0.417. The van der Waals surface area contributed by atoms with Gasteiger partial charge in [-0.15, -0.1) is 0 Å². The van der Waals surface area contributed by atoms with Gasteiger partial charge in [0.25, 0.3) is 0 Å². The summed E-state index contributed by atoms with van der Waals surface area (Å²) in [6.45, 7) is 2.28. The van der Waals surface area contributed by atoms with Crippen molar-refractivity contribution in [3.05, 3.63) is 46.5 Å². The standard InChI is InChI=1S/C22H30F2/c1-2-3-4-16-5-7-17(8-6-16)9-10-18-11-12-19-14-21(23)22(24)15-20(19)13-18/h11,14-17H,2-10,12-13H2,1H3. The first kappa shape index (κ1) is 17.6. The number of allylic oxidation sites excluding steroid dienone is 2. The van der Waals surface area contributed by atoms with Crippen molar-refractivity contribution in [3.8, 4) is 0 Å². The molecule has 0 atom stereocenters. The van der Waals surface area contributed by atoms with E-state index in [0.717, 1.165) is 42.2 Å². The van der Waals surface area contributed by atoms with Crippen LogP contribution in [0.1, 0.15) is 75.8 Å². The van der Waals surface area contributed by atoms with Gasteiger partial charge >= 0.3 is 0 Å². The fourth-order valence-electron chi connectivity index (χ4n) is 4.44. The van der Waals surface area contributed by atoms with Crippen LogP contribution >= 0.6 is 0 Å². The van der Waals surface area contributed by atoms with Crippen LogP contribution in [-0.4, -0.2) is 0 Å². The van der Waals surface area contributed by atoms with Crippen molar-refractivity contribution < 1.29 is 8.78 Å². The molecule has 0 spiro atoms. The van der Waals surface area contributed by atoms with E-state index >= 15 is 0 Å². The number of hydrogen-bond donors (Lipinski definition) is 0.